The lowest BCUT2D eigenvalue weighted by molar-refractivity contribution is 0.520. The molecule has 1 unspecified atom stereocenters. The van der Waals surface area contributed by atoms with Crippen LogP contribution in [0.15, 0.2) is 53.1 Å². The summed E-state index contributed by atoms with van der Waals surface area (Å²) in [6.45, 7) is 0. The predicted octanol–water partition coefficient (Wildman–Crippen LogP) is 3.97. The molecular weight excluding hydrogens is 291 g/mol. The van der Waals surface area contributed by atoms with Crippen LogP contribution in [0.25, 0.3) is 11.0 Å². The minimum atomic E-state index is -0.337. The second-order valence-electron chi connectivity index (χ2n) is 4.81. The van der Waals surface area contributed by atoms with Crippen molar-refractivity contribution < 1.29 is 8.81 Å². The van der Waals surface area contributed by atoms with E-state index in [9.17, 15) is 4.39 Å². The molecular formula is C16H14ClFN2O. The van der Waals surface area contributed by atoms with Gasteiger partial charge in [-0.25, -0.2) is 4.39 Å². The lowest BCUT2D eigenvalue weighted by Gasteiger charge is -2.16. The number of fused-ring (bicyclic) bond motifs is 1. The standard InChI is InChI=1S/C16H14ClFN2O/c17-13-5-3-6-14(18)11(13)8-15(20-19)12-9-21-16-7-2-1-4-10(12)16/h1-7,9,15,20H,8,19H2. The number of furan rings is 1. The van der Waals surface area contributed by atoms with Crippen molar-refractivity contribution >= 4 is 22.6 Å². The van der Waals surface area contributed by atoms with E-state index in [2.05, 4.69) is 5.43 Å². The van der Waals surface area contributed by atoms with E-state index in [0.717, 1.165) is 16.5 Å². The van der Waals surface area contributed by atoms with E-state index in [1.54, 1.807) is 18.4 Å². The van der Waals surface area contributed by atoms with Gasteiger partial charge < -0.3 is 4.42 Å². The molecule has 0 bridgehead atoms. The molecule has 3 N–H and O–H groups in total. The first-order valence-electron chi connectivity index (χ1n) is 6.56. The number of hydrogen-bond acceptors (Lipinski definition) is 3. The zero-order chi connectivity index (χ0) is 14.8. The van der Waals surface area contributed by atoms with Crippen molar-refractivity contribution in [3.63, 3.8) is 0 Å². The number of nitrogens with two attached hydrogens (primary N) is 1. The van der Waals surface area contributed by atoms with Crippen LogP contribution in [-0.4, -0.2) is 0 Å². The molecule has 1 heterocycles. The van der Waals surface area contributed by atoms with Gasteiger partial charge in [0.15, 0.2) is 0 Å². The molecule has 0 radical (unpaired) electrons. The maximum atomic E-state index is 13.9. The van der Waals surface area contributed by atoms with Gasteiger partial charge in [-0.3, -0.25) is 11.3 Å². The fourth-order valence-corrected chi connectivity index (χ4v) is 2.70. The maximum absolute atomic E-state index is 13.9. The number of halogens is 2. The van der Waals surface area contributed by atoms with Crippen LogP contribution in [0.4, 0.5) is 4.39 Å². The van der Waals surface area contributed by atoms with Gasteiger partial charge >= 0.3 is 0 Å². The Morgan fingerprint density at radius 1 is 1.19 bits per heavy atom. The van der Waals surface area contributed by atoms with Crippen LogP contribution in [0.3, 0.4) is 0 Å². The van der Waals surface area contributed by atoms with Crippen LogP contribution >= 0.6 is 11.6 Å². The molecule has 1 atom stereocenters. The topological polar surface area (TPSA) is 51.2 Å². The van der Waals surface area contributed by atoms with Crippen molar-refractivity contribution in [2.75, 3.05) is 0 Å². The molecule has 21 heavy (non-hydrogen) atoms. The van der Waals surface area contributed by atoms with Gasteiger partial charge in [-0.1, -0.05) is 35.9 Å². The van der Waals surface area contributed by atoms with Crippen LogP contribution in [0, 0.1) is 5.82 Å². The van der Waals surface area contributed by atoms with Gasteiger partial charge in [0, 0.05) is 21.5 Å². The molecule has 2 aromatic carbocycles. The third kappa shape index (κ3) is 2.65. The second kappa shape index (κ2) is 5.85. The number of nitrogens with one attached hydrogen (secondary N) is 1. The van der Waals surface area contributed by atoms with Gasteiger partial charge in [-0.15, -0.1) is 0 Å². The van der Waals surface area contributed by atoms with Crippen molar-refractivity contribution in [1.82, 2.24) is 5.43 Å². The highest BCUT2D eigenvalue weighted by Gasteiger charge is 2.19. The summed E-state index contributed by atoms with van der Waals surface area (Å²) in [6.07, 6.45) is 1.98. The Bertz CT molecular complexity index is 752. The molecule has 0 aliphatic carbocycles. The first kappa shape index (κ1) is 14.1. The monoisotopic (exact) mass is 304 g/mol. The van der Waals surface area contributed by atoms with Crippen LogP contribution < -0.4 is 11.3 Å². The van der Waals surface area contributed by atoms with Gasteiger partial charge in [0.25, 0.3) is 0 Å². The van der Waals surface area contributed by atoms with Gasteiger partial charge in [-0.2, -0.15) is 0 Å². The average Bonchev–Trinajstić information content (AvgIpc) is 2.91. The summed E-state index contributed by atoms with van der Waals surface area (Å²) < 4.78 is 19.4. The molecule has 0 amide bonds. The summed E-state index contributed by atoms with van der Waals surface area (Å²) in [6, 6.07) is 12.0. The molecule has 0 saturated heterocycles. The Balaban J connectivity index is 1.99. The number of hydrogen-bond donors (Lipinski definition) is 2. The van der Waals surface area contributed by atoms with Gasteiger partial charge in [0.05, 0.1) is 12.3 Å². The molecule has 108 valence electrons. The van der Waals surface area contributed by atoms with Crippen LogP contribution in [-0.2, 0) is 6.42 Å². The SMILES string of the molecule is NNC(Cc1c(F)cccc1Cl)c1coc2ccccc12. The zero-order valence-corrected chi connectivity index (χ0v) is 11.9. The normalized spacial score (nSPS) is 12.7. The Labute approximate surface area is 126 Å². The quantitative estimate of drug-likeness (QED) is 0.566. The van der Waals surface area contributed by atoms with E-state index in [1.807, 2.05) is 24.3 Å². The summed E-state index contributed by atoms with van der Waals surface area (Å²) in [7, 11) is 0. The van der Waals surface area contributed by atoms with Crippen LogP contribution in [0.1, 0.15) is 17.2 Å². The van der Waals surface area contributed by atoms with Crippen LogP contribution in [0.2, 0.25) is 5.02 Å². The third-order valence-electron chi connectivity index (χ3n) is 3.56. The number of para-hydroxylation sites is 1. The minimum absolute atomic E-state index is 0.289. The van der Waals surface area contributed by atoms with Gasteiger partial charge in [0.2, 0.25) is 0 Å². The van der Waals surface area contributed by atoms with Crippen molar-refractivity contribution in [1.29, 1.82) is 0 Å². The van der Waals surface area contributed by atoms with E-state index in [0.29, 0.717) is 17.0 Å². The number of benzene rings is 2. The van der Waals surface area contributed by atoms with E-state index in [-0.39, 0.29) is 11.9 Å². The molecule has 3 aromatic rings. The fraction of sp³-hybridized carbons (Fsp3) is 0.125. The van der Waals surface area contributed by atoms with Gasteiger partial charge in [0.1, 0.15) is 11.4 Å². The highest BCUT2D eigenvalue weighted by molar-refractivity contribution is 6.31. The first-order chi connectivity index (χ1) is 10.2. The van der Waals surface area contributed by atoms with Crippen molar-refractivity contribution in [2.45, 2.75) is 12.5 Å². The second-order valence-corrected chi connectivity index (χ2v) is 5.22. The highest BCUT2D eigenvalue weighted by atomic mass is 35.5. The Kier molecular flexibility index (Phi) is 3.92. The molecule has 1 aromatic heterocycles. The molecule has 5 heteroatoms. The third-order valence-corrected chi connectivity index (χ3v) is 3.91. The van der Waals surface area contributed by atoms with E-state index < -0.39 is 0 Å². The van der Waals surface area contributed by atoms with Crippen molar-refractivity contribution in [3.05, 3.63) is 70.7 Å². The summed E-state index contributed by atoms with van der Waals surface area (Å²) in [5.74, 6) is 5.31. The largest absolute Gasteiger partial charge is 0.464 e. The Morgan fingerprint density at radius 2 is 2.00 bits per heavy atom. The minimum Gasteiger partial charge on any atom is -0.464 e. The van der Waals surface area contributed by atoms with E-state index in [4.69, 9.17) is 21.9 Å². The van der Waals surface area contributed by atoms with E-state index in [1.165, 1.54) is 6.07 Å². The molecule has 0 spiro atoms. The molecule has 0 fully saturated rings. The Hall–Kier alpha value is -1.88. The summed E-state index contributed by atoms with van der Waals surface area (Å²) in [5, 5.41) is 1.34. The van der Waals surface area contributed by atoms with Crippen molar-refractivity contribution in [2.24, 2.45) is 5.84 Å². The summed E-state index contributed by atoms with van der Waals surface area (Å²) >= 11 is 6.08. The van der Waals surface area contributed by atoms with Crippen molar-refractivity contribution in [3.8, 4) is 0 Å². The molecule has 0 aliphatic rings. The molecule has 3 rings (SSSR count). The smallest absolute Gasteiger partial charge is 0.134 e. The summed E-state index contributed by atoms with van der Waals surface area (Å²) in [4.78, 5) is 0. The number of hydrazine groups is 1. The van der Waals surface area contributed by atoms with Gasteiger partial charge in [-0.05, 0) is 24.6 Å². The lowest BCUT2D eigenvalue weighted by atomic mass is 9.98. The lowest BCUT2D eigenvalue weighted by Crippen LogP contribution is -2.29. The fourth-order valence-electron chi connectivity index (χ4n) is 2.46. The predicted molar refractivity (Wildman–Crippen MR) is 81.4 cm³/mol. The molecule has 0 aliphatic heterocycles. The molecule has 3 nitrogen and oxygen atoms in total. The first-order valence-corrected chi connectivity index (χ1v) is 6.93. The molecule has 0 saturated carbocycles. The number of rotatable bonds is 4. The van der Waals surface area contributed by atoms with E-state index >= 15 is 0 Å². The summed E-state index contributed by atoms with van der Waals surface area (Å²) in [5.41, 5.74) is 4.80. The highest BCUT2D eigenvalue weighted by Crippen LogP contribution is 2.30. The zero-order valence-electron chi connectivity index (χ0n) is 11.1. The maximum Gasteiger partial charge on any atom is 0.134 e. The van der Waals surface area contributed by atoms with Crippen LogP contribution in [0.5, 0.6) is 0 Å². The Morgan fingerprint density at radius 3 is 2.76 bits per heavy atom. The average molecular weight is 305 g/mol.